The molecule has 0 aliphatic heterocycles. The first-order valence-corrected chi connectivity index (χ1v) is 10.5. The molecule has 0 aromatic heterocycles. The van der Waals surface area contributed by atoms with Gasteiger partial charge in [-0.2, -0.15) is 0 Å². The van der Waals surface area contributed by atoms with Crippen molar-refractivity contribution in [2.45, 2.75) is 16.3 Å². The second-order valence-electron chi connectivity index (χ2n) is 6.35. The number of benzene rings is 3. The number of hydrogen-bond acceptors (Lipinski definition) is 4. The molecule has 7 heteroatoms. The summed E-state index contributed by atoms with van der Waals surface area (Å²) in [7, 11) is 4.82. The zero-order valence-electron chi connectivity index (χ0n) is 17.0. The quantitative estimate of drug-likeness (QED) is 0.498. The van der Waals surface area contributed by atoms with Crippen molar-refractivity contribution in [1.29, 1.82) is 0 Å². The largest absolute Gasteiger partial charge is 0.497 e. The van der Waals surface area contributed by atoms with E-state index in [4.69, 9.17) is 21.1 Å². The van der Waals surface area contributed by atoms with Crippen LogP contribution in [0.15, 0.2) is 76.5 Å². The molecule has 0 aliphatic carbocycles. The van der Waals surface area contributed by atoms with Crippen LogP contribution in [0.4, 0.5) is 10.5 Å². The molecule has 3 aromatic rings. The molecule has 3 rings (SSSR count). The molecule has 30 heavy (non-hydrogen) atoms. The minimum absolute atomic E-state index is 0.239. The summed E-state index contributed by atoms with van der Waals surface area (Å²) in [5.41, 5.74) is 1.57. The molecule has 0 atom stereocenters. The number of ether oxygens (including phenoxy) is 2. The molecule has 0 heterocycles. The second kappa shape index (κ2) is 10.3. The highest BCUT2D eigenvalue weighted by atomic mass is 35.5. The molecule has 0 fully saturated rings. The lowest BCUT2D eigenvalue weighted by molar-refractivity contribution is 0.247. The van der Waals surface area contributed by atoms with Gasteiger partial charge in [0.25, 0.3) is 0 Å². The lowest BCUT2D eigenvalue weighted by Crippen LogP contribution is -2.38. The lowest BCUT2D eigenvalue weighted by atomic mass is 10.1. The maximum atomic E-state index is 12.9. The van der Waals surface area contributed by atoms with Gasteiger partial charge in [0.1, 0.15) is 11.5 Å². The van der Waals surface area contributed by atoms with Crippen molar-refractivity contribution in [1.82, 2.24) is 5.32 Å². The number of methoxy groups -OCH3 is 2. The van der Waals surface area contributed by atoms with E-state index in [0.29, 0.717) is 23.1 Å². The van der Waals surface area contributed by atoms with E-state index in [1.54, 1.807) is 44.0 Å². The van der Waals surface area contributed by atoms with Gasteiger partial charge in [0.15, 0.2) is 0 Å². The fourth-order valence-electron chi connectivity index (χ4n) is 2.99. The molecule has 5 nitrogen and oxygen atoms in total. The van der Waals surface area contributed by atoms with E-state index in [1.807, 2.05) is 60.7 Å². The summed E-state index contributed by atoms with van der Waals surface area (Å²) < 4.78 is 10.9. The summed E-state index contributed by atoms with van der Waals surface area (Å²) in [5.74, 6) is 1.37. The van der Waals surface area contributed by atoms with Crippen LogP contribution in [0.5, 0.6) is 11.5 Å². The highest BCUT2D eigenvalue weighted by Crippen LogP contribution is 2.38. The fourth-order valence-corrected chi connectivity index (χ4v) is 4.24. The van der Waals surface area contributed by atoms with Crippen LogP contribution >= 0.6 is 23.4 Å². The zero-order chi connectivity index (χ0) is 21.5. The first-order chi connectivity index (χ1) is 14.5. The Labute approximate surface area is 185 Å². The minimum Gasteiger partial charge on any atom is -0.497 e. The SMILES string of the molecule is CNC(=O)N(Cc1cc(OC)ccc1OC)c1ccc(Cl)cc1Sc1ccccc1. The number of halogens is 1. The smallest absolute Gasteiger partial charge is 0.321 e. The molecule has 0 spiro atoms. The zero-order valence-corrected chi connectivity index (χ0v) is 18.6. The predicted octanol–water partition coefficient (Wildman–Crippen LogP) is 5.85. The van der Waals surface area contributed by atoms with E-state index < -0.39 is 0 Å². The number of amides is 2. The van der Waals surface area contributed by atoms with Crippen LogP contribution in [0.1, 0.15) is 5.56 Å². The normalized spacial score (nSPS) is 10.4. The highest BCUT2D eigenvalue weighted by Gasteiger charge is 2.21. The lowest BCUT2D eigenvalue weighted by Gasteiger charge is -2.26. The van der Waals surface area contributed by atoms with E-state index in [1.165, 1.54) is 0 Å². The standard InChI is InChI=1S/C23H23ClN2O3S/c1-25-23(27)26(15-16-13-18(28-2)10-12-21(16)29-3)20-11-9-17(24)14-22(20)30-19-7-5-4-6-8-19/h4-14H,15H2,1-3H3,(H,25,27). The molecule has 0 aliphatic rings. The third-order valence-corrected chi connectivity index (χ3v) is 5.75. The number of anilines is 1. The third kappa shape index (κ3) is 5.20. The maximum Gasteiger partial charge on any atom is 0.321 e. The van der Waals surface area contributed by atoms with Gasteiger partial charge in [-0.05, 0) is 48.5 Å². The van der Waals surface area contributed by atoms with Gasteiger partial charge in [-0.25, -0.2) is 4.79 Å². The Morgan fingerprint density at radius 3 is 2.47 bits per heavy atom. The number of rotatable bonds is 7. The van der Waals surface area contributed by atoms with Crippen molar-refractivity contribution in [2.75, 3.05) is 26.2 Å². The Morgan fingerprint density at radius 2 is 1.80 bits per heavy atom. The van der Waals surface area contributed by atoms with E-state index in [9.17, 15) is 4.79 Å². The number of nitrogens with one attached hydrogen (secondary N) is 1. The van der Waals surface area contributed by atoms with Gasteiger partial charge in [-0.1, -0.05) is 41.6 Å². The summed E-state index contributed by atoms with van der Waals surface area (Å²) >= 11 is 7.83. The van der Waals surface area contributed by atoms with Gasteiger partial charge in [0.2, 0.25) is 0 Å². The van der Waals surface area contributed by atoms with Gasteiger partial charge < -0.3 is 14.8 Å². The molecule has 2 amide bonds. The second-order valence-corrected chi connectivity index (χ2v) is 7.90. The molecule has 3 aromatic carbocycles. The van der Waals surface area contributed by atoms with Crippen molar-refractivity contribution >= 4 is 35.1 Å². The monoisotopic (exact) mass is 442 g/mol. The number of urea groups is 1. The summed E-state index contributed by atoms with van der Waals surface area (Å²) in [5, 5.41) is 3.33. The first-order valence-electron chi connectivity index (χ1n) is 9.28. The van der Waals surface area contributed by atoms with Gasteiger partial charge >= 0.3 is 6.03 Å². The van der Waals surface area contributed by atoms with E-state index in [2.05, 4.69) is 5.32 Å². The first kappa shape index (κ1) is 21.9. The Kier molecular flexibility index (Phi) is 7.49. The highest BCUT2D eigenvalue weighted by molar-refractivity contribution is 7.99. The maximum absolute atomic E-state index is 12.9. The molecule has 0 saturated carbocycles. The molecule has 0 bridgehead atoms. The number of hydrogen-bond donors (Lipinski definition) is 1. The Bertz CT molecular complexity index is 1010. The Hall–Kier alpha value is -2.83. The predicted molar refractivity (Wildman–Crippen MR) is 122 cm³/mol. The molecule has 0 saturated heterocycles. The van der Waals surface area contributed by atoms with Crippen LogP contribution in [0.2, 0.25) is 5.02 Å². The molecular weight excluding hydrogens is 420 g/mol. The number of carbonyl (C=O) groups excluding carboxylic acids is 1. The molecule has 1 N–H and O–H groups in total. The Morgan fingerprint density at radius 1 is 1.03 bits per heavy atom. The van der Waals surface area contributed by atoms with Gasteiger partial charge in [0.05, 0.1) is 26.5 Å². The molecular formula is C23H23ClN2O3S. The van der Waals surface area contributed by atoms with Gasteiger partial charge in [-0.3, -0.25) is 4.90 Å². The summed E-state index contributed by atoms with van der Waals surface area (Å²) in [6.07, 6.45) is 0. The van der Waals surface area contributed by atoms with Crippen LogP contribution < -0.4 is 19.7 Å². The number of carbonyl (C=O) groups is 1. The van der Waals surface area contributed by atoms with E-state index in [0.717, 1.165) is 21.0 Å². The van der Waals surface area contributed by atoms with E-state index >= 15 is 0 Å². The third-order valence-electron chi connectivity index (χ3n) is 4.46. The van der Waals surface area contributed by atoms with Gasteiger partial charge in [0, 0.05) is 27.4 Å². The topological polar surface area (TPSA) is 50.8 Å². The summed E-state index contributed by atoms with van der Waals surface area (Å²) in [6.45, 7) is 0.296. The van der Waals surface area contributed by atoms with Crippen molar-refractivity contribution < 1.29 is 14.3 Å². The van der Waals surface area contributed by atoms with Crippen LogP contribution in [-0.4, -0.2) is 27.3 Å². The van der Waals surface area contributed by atoms with E-state index in [-0.39, 0.29) is 6.03 Å². The molecule has 0 unspecified atom stereocenters. The van der Waals surface area contributed by atoms with Crippen LogP contribution in [0.3, 0.4) is 0 Å². The fraction of sp³-hybridized carbons (Fsp3) is 0.174. The van der Waals surface area contributed by atoms with Crippen LogP contribution in [0.25, 0.3) is 0 Å². The summed E-state index contributed by atoms with van der Waals surface area (Å²) in [6, 6.07) is 20.8. The average molecular weight is 443 g/mol. The number of nitrogens with zero attached hydrogens (tertiary/aromatic N) is 1. The molecule has 0 radical (unpaired) electrons. The van der Waals surface area contributed by atoms with Crippen LogP contribution in [-0.2, 0) is 6.54 Å². The average Bonchev–Trinajstić information content (AvgIpc) is 2.78. The van der Waals surface area contributed by atoms with Crippen molar-refractivity contribution in [3.8, 4) is 11.5 Å². The minimum atomic E-state index is -0.239. The molecule has 156 valence electrons. The van der Waals surface area contributed by atoms with Crippen molar-refractivity contribution in [3.05, 3.63) is 77.3 Å². The Balaban J connectivity index is 2.04. The van der Waals surface area contributed by atoms with Crippen LogP contribution in [0, 0.1) is 0 Å². The van der Waals surface area contributed by atoms with Gasteiger partial charge in [-0.15, -0.1) is 0 Å². The van der Waals surface area contributed by atoms with Crippen molar-refractivity contribution in [3.63, 3.8) is 0 Å². The summed E-state index contributed by atoms with van der Waals surface area (Å²) in [4.78, 5) is 16.5. The van der Waals surface area contributed by atoms with Crippen molar-refractivity contribution in [2.24, 2.45) is 0 Å².